The van der Waals surface area contributed by atoms with Crippen molar-refractivity contribution in [2.24, 2.45) is 0 Å². The fraction of sp³-hybridized carbons (Fsp3) is 0.357. The fourth-order valence-electron chi connectivity index (χ4n) is 2.35. The highest BCUT2D eigenvalue weighted by Gasteiger charge is 2.25. The summed E-state index contributed by atoms with van der Waals surface area (Å²) in [5.41, 5.74) is 0.754. The van der Waals surface area contributed by atoms with E-state index in [4.69, 9.17) is 0 Å². The Morgan fingerprint density at radius 3 is 2.38 bits per heavy atom. The average Bonchev–Trinajstić information content (AvgIpc) is 2.94. The van der Waals surface area contributed by atoms with E-state index < -0.39 is 5.97 Å². The predicted molar refractivity (Wildman–Crippen MR) is 78.0 cm³/mol. The highest BCUT2D eigenvalue weighted by Crippen LogP contribution is 2.19. The molecule has 3 rings (SSSR count). The lowest BCUT2D eigenvalue weighted by Gasteiger charge is -2.32. The molecule has 1 aliphatic heterocycles. The molecule has 1 aromatic heterocycles. The number of carboxylic acid groups (broad SMARTS) is 1. The lowest BCUT2D eigenvalue weighted by Crippen LogP contribution is -2.45. The summed E-state index contributed by atoms with van der Waals surface area (Å²) in [6, 6.07) is 9.33. The normalized spacial score (nSPS) is 16.1. The number of aromatic carboxylic acids is 1. The second kappa shape index (κ2) is 5.53. The van der Waals surface area contributed by atoms with Gasteiger partial charge in [-0.2, -0.15) is 0 Å². The molecule has 7 heteroatoms. The van der Waals surface area contributed by atoms with Crippen molar-refractivity contribution >= 4 is 11.8 Å². The number of hydrogen-bond acceptors (Lipinski definition) is 5. The molecule has 0 radical (unpaired) electrons. The van der Waals surface area contributed by atoms with Crippen LogP contribution in [0.3, 0.4) is 0 Å². The average molecular weight is 287 g/mol. The summed E-state index contributed by atoms with van der Waals surface area (Å²) in [5.74, 6) is -0.606. The minimum Gasteiger partial charge on any atom is -0.476 e. The fourth-order valence-corrected chi connectivity index (χ4v) is 2.35. The number of rotatable bonds is 3. The quantitative estimate of drug-likeness (QED) is 0.896. The summed E-state index contributed by atoms with van der Waals surface area (Å²) in [6.45, 7) is 3.28. The zero-order chi connectivity index (χ0) is 14.8. The number of nitrogens with zero attached hydrogens (tertiary/aromatic N) is 5. The standard InChI is InChI=1S/C14H17N5O2/c1-17-7-9-18(10-8-17)13-12(14(20)21)15-19(16-13)11-5-3-2-4-6-11/h2-6H,7-10H2,1H3,(H,20,21). The maximum Gasteiger partial charge on any atom is 0.360 e. The van der Waals surface area contributed by atoms with E-state index in [1.165, 1.54) is 4.80 Å². The van der Waals surface area contributed by atoms with Crippen molar-refractivity contribution in [1.29, 1.82) is 0 Å². The summed E-state index contributed by atoms with van der Waals surface area (Å²) in [7, 11) is 2.05. The monoisotopic (exact) mass is 287 g/mol. The van der Waals surface area contributed by atoms with Crippen molar-refractivity contribution in [3.05, 3.63) is 36.0 Å². The van der Waals surface area contributed by atoms with Crippen LogP contribution in [0.2, 0.25) is 0 Å². The Bertz CT molecular complexity index is 632. The molecule has 110 valence electrons. The Morgan fingerprint density at radius 1 is 1.10 bits per heavy atom. The van der Waals surface area contributed by atoms with Gasteiger partial charge in [0.2, 0.25) is 5.69 Å². The number of piperazine rings is 1. The molecule has 0 spiro atoms. The van der Waals surface area contributed by atoms with E-state index in [1.54, 1.807) is 0 Å². The smallest absolute Gasteiger partial charge is 0.360 e. The molecule has 0 aliphatic carbocycles. The SMILES string of the molecule is CN1CCN(c2nn(-c3ccccc3)nc2C(=O)O)CC1. The molecular weight excluding hydrogens is 270 g/mol. The zero-order valence-corrected chi connectivity index (χ0v) is 11.8. The number of likely N-dealkylation sites (N-methyl/N-ethyl adjacent to an activating group) is 1. The van der Waals surface area contributed by atoms with Crippen LogP contribution in [-0.4, -0.2) is 64.2 Å². The Kier molecular flexibility index (Phi) is 3.57. The first kappa shape index (κ1) is 13.6. The Balaban J connectivity index is 1.96. The maximum absolute atomic E-state index is 11.4. The first-order valence-electron chi connectivity index (χ1n) is 6.84. The lowest BCUT2D eigenvalue weighted by molar-refractivity contribution is 0.0690. The molecule has 0 amide bonds. The first-order valence-corrected chi connectivity index (χ1v) is 6.84. The molecule has 1 saturated heterocycles. The van der Waals surface area contributed by atoms with Crippen molar-refractivity contribution in [2.45, 2.75) is 0 Å². The van der Waals surface area contributed by atoms with Gasteiger partial charge in [-0.15, -0.1) is 15.0 Å². The van der Waals surface area contributed by atoms with Crippen molar-refractivity contribution in [2.75, 3.05) is 38.1 Å². The molecule has 1 N–H and O–H groups in total. The Morgan fingerprint density at radius 2 is 1.76 bits per heavy atom. The molecule has 0 saturated carbocycles. The van der Waals surface area contributed by atoms with Crippen LogP contribution in [0.4, 0.5) is 5.82 Å². The Hall–Kier alpha value is -2.41. The molecule has 2 aromatic rings. The summed E-state index contributed by atoms with van der Waals surface area (Å²) in [5, 5.41) is 17.9. The second-order valence-electron chi connectivity index (χ2n) is 5.09. The van der Waals surface area contributed by atoms with Gasteiger partial charge in [0.15, 0.2) is 5.82 Å². The number of anilines is 1. The third kappa shape index (κ3) is 2.73. The molecule has 0 bridgehead atoms. The predicted octanol–water partition coefficient (Wildman–Crippen LogP) is 0.717. The van der Waals surface area contributed by atoms with E-state index in [0.717, 1.165) is 31.9 Å². The summed E-state index contributed by atoms with van der Waals surface area (Å²) in [4.78, 5) is 17.0. The van der Waals surface area contributed by atoms with Gasteiger partial charge in [0.25, 0.3) is 0 Å². The number of carbonyl (C=O) groups is 1. The number of benzene rings is 1. The summed E-state index contributed by atoms with van der Waals surface area (Å²) in [6.07, 6.45) is 0. The van der Waals surface area contributed by atoms with E-state index in [0.29, 0.717) is 5.82 Å². The lowest BCUT2D eigenvalue weighted by atomic mass is 10.3. The van der Waals surface area contributed by atoms with Gasteiger partial charge in [-0.3, -0.25) is 0 Å². The van der Waals surface area contributed by atoms with Crippen molar-refractivity contribution in [3.8, 4) is 5.69 Å². The molecule has 7 nitrogen and oxygen atoms in total. The highest BCUT2D eigenvalue weighted by atomic mass is 16.4. The van der Waals surface area contributed by atoms with Gasteiger partial charge in [0.05, 0.1) is 5.69 Å². The molecule has 1 fully saturated rings. The molecule has 21 heavy (non-hydrogen) atoms. The zero-order valence-electron chi connectivity index (χ0n) is 11.8. The van der Waals surface area contributed by atoms with Crippen LogP contribution >= 0.6 is 0 Å². The van der Waals surface area contributed by atoms with Crippen molar-refractivity contribution < 1.29 is 9.90 Å². The van der Waals surface area contributed by atoms with Gasteiger partial charge in [-0.25, -0.2) is 4.79 Å². The van der Waals surface area contributed by atoms with Gasteiger partial charge in [0, 0.05) is 26.2 Å². The van der Waals surface area contributed by atoms with E-state index in [1.807, 2.05) is 35.2 Å². The van der Waals surface area contributed by atoms with Gasteiger partial charge in [0.1, 0.15) is 0 Å². The number of hydrogen-bond donors (Lipinski definition) is 1. The molecule has 1 aliphatic rings. The van der Waals surface area contributed by atoms with Crippen LogP contribution in [0.25, 0.3) is 5.69 Å². The van der Waals surface area contributed by atoms with Crippen LogP contribution in [0.15, 0.2) is 30.3 Å². The molecule has 1 aromatic carbocycles. The third-order valence-electron chi connectivity index (χ3n) is 3.59. The van der Waals surface area contributed by atoms with Crippen molar-refractivity contribution in [1.82, 2.24) is 19.9 Å². The van der Waals surface area contributed by atoms with E-state index in [2.05, 4.69) is 22.1 Å². The van der Waals surface area contributed by atoms with E-state index >= 15 is 0 Å². The largest absolute Gasteiger partial charge is 0.476 e. The molecule has 0 atom stereocenters. The van der Waals surface area contributed by atoms with Crippen LogP contribution in [0.1, 0.15) is 10.5 Å². The van der Waals surface area contributed by atoms with Gasteiger partial charge in [-0.05, 0) is 19.2 Å². The summed E-state index contributed by atoms with van der Waals surface area (Å²) < 4.78 is 0. The van der Waals surface area contributed by atoms with Crippen LogP contribution in [0.5, 0.6) is 0 Å². The van der Waals surface area contributed by atoms with E-state index in [9.17, 15) is 9.90 Å². The minimum atomic E-state index is -1.05. The third-order valence-corrected chi connectivity index (χ3v) is 3.59. The topological polar surface area (TPSA) is 74.5 Å². The molecular formula is C14H17N5O2. The van der Waals surface area contributed by atoms with Gasteiger partial charge >= 0.3 is 5.97 Å². The van der Waals surface area contributed by atoms with Crippen LogP contribution in [0, 0.1) is 0 Å². The number of carboxylic acids is 1. The minimum absolute atomic E-state index is 0.00315. The molecule has 2 heterocycles. The van der Waals surface area contributed by atoms with Crippen LogP contribution < -0.4 is 4.90 Å². The van der Waals surface area contributed by atoms with Gasteiger partial charge in [-0.1, -0.05) is 18.2 Å². The second-order valence-corrected chi connectivity index (χ2v) is 5.09. The number of para-hydroxylation sites is 1. The van der Waals surface area contributed by atoms with Gasteiger partial charge < -0.3 is 14.9 Å². The first-order chi connectivity index (χ1) is 10.1. The van der Waals surface area contributed by atoms with Crippen molar-refractivity contribution in [3.63, 3.8) is 0 Å². The number of aromatic nitrogens is 3. The maximum atomic E-state index is 11.4. The summed E-state index contributed by atoms with van der Waals surface area (Å²) >= 11 is 0. The Labute approximate surface area is 122 Å². The van der Waals surface area contributed by atoms with Crippen LogP contribution in [-0.2, 0) is 0 Å². The highest BCUT2D eigenvalue weighted by molar-refractivity contribution is 5.91. The molecule has 0 unspecified atom stereocenters. The van der Waals surface area contributed by atoms with E-state index in [-0.39, 0.29) is 5.69 Å².